The van der Waals surface area contributed by atoms with Gasteiger partial charge in [-0.3, -0.25) is 4.40 Å². The molecule has 0 radical (unpaired) electrons. The van der Waals surface area contributed by atoms with Crippen LogP contribution in [-0.4, -0.2) is 21.7 Å². The van der Waals surface area contributed by atoms with Crippen LogP contribution in [0.4, 0.5) is 0 Å². The van der Waals surface area contributed by atoms with Gasteiger partial charge in [0.15, 0.2) is 11.5 Å². The first kappa shape index (κ1) is 14.5. The molecule has 24 heavy (non-hydrogen) atoms. The molecule has 0 saturated carbocycles. The predicted octanol–water partition coefficient (Wildman–Crippen LogP) is 4.38. The molecular weight excluding hydrogens is 298 g/mol. The summed E-state index contributed by atoms with van der Waals surface area (Å²) in [6, 6.07) is 20.3. The number of hydrogen-bond acceptors (Lipinski definition) is 3. The molecule has 0 fully saturated rings. The van der Waals surface area contributed by atoms with Crippen molar-refractivity contribution in [1.82, 2.24) is 14.6 Å². The highest BCUT2D eigenvalue weighted by atomic mass is 16.5. The predicted molar refractivity (Wildman–Crippen MR) is 95.1 cm³/mol. The monoisotopic (exact) mass is 315 g/mol. The molecule has 4 heteroatoms. The maximum Gasteiger partial charge on any atom is 0.168 e. The fraction of sp³-hybridized carbons (Fsp3) is 0.100. The Balaban J connectivity index is 1.85. The maximum atomic E-state index is 5.23. The standard InChI is InChI=1S/C20H17N3O/c1-14-5-3-4-6-18(14)20-22-21-19-12-9-16(13-23(19)20)15-7-10-17(24-2)11-8-15/h3-13H,1-2H3. The lowest BCUT2D eigenvalue weighted by atomic mass is 10.1. The number of methoxy groups -OCH3 is 1. The van der Waals surface area contributed by atoms with Crippen molar-refractivity contribution in [3.8, 4) is 28.3 Å². The van der Waals surface area contributed by atoms with Crippen LogP contribution in [0, 0.1) is 6.92 Å². The Morgan fingerprint density at radius 3 is 2.33 bits per heavy atom. The van der Waals surface area contributed by atoms with Crippen LogP contribution in [0.3, 0.4) is 0 Å². The maximum absolute atomic E-state index is 5.23. The van der Waals surface area contributed by atoms with Crippen LogP contribution in [0.25, 0.3) is 28.2 Å². The van der Waals surface area contributed by atoms with Gasteiger partial charge < -0.3 is 4.74 Å². The van der Waals surface area contributed by atoms with E-state index in [4.69, 9.17) is 4.74 Å². The molecule has 0 unspecified atom stereocenters. The minimum atomic E-state index is 0.838. The van der Waals surface area contributed by atoms with Gasteiger partial charge in [0.2, 0.25) is 0 Å². The van der Waals surface area contributed by atoms with E-state index in [0.717, 1.165) is 33.9 Å². The average molecular weight is 315 g/mol. The van der Waals surface area contributed by atoms with E-state index in [1.54, 1.807) is 7.11 Å². The molecule has 2 aromatic carbocycles. The van der Waals surface area contributed by atoms with Crippen LogP contribution in [0.5, 0.6) is 5.75 Å². The molecule has 4 aromatic rings. The van der Waals surface area contributed by atoms with Crippen molar-refractivity contribution in [1.29, 1.82) is 0 Å². The molecule has 0 saturated heterocycles. The zero-order chi connectivity index (χ0) is 16.5. The summed E-state index contributed by atoms with van der Waals surface area (Å²) < 4.78 is 7.27. The van der Waals surface area contributed by atoms with Gasteiger partial charge in [-0.25, -0.2) is 0 Å². The van der Waals surface area contributed by atoms with Crippen molar-refractivity contribution in [2.24, 2.45) is 0 Å². The quantitative estimate of drug-likeness (QED) is 0.563. The number of aryl methyl sites for hydroxylation is 1. The number of benzene rings is 2. The van der Waals surface area contributed by atoms with Crippen LogP contribution in [0.2, 0.25) is 0 Å². The molecule has 0 atom stereocenters. The summed E-state index contributed by atoms with van der Waals surface area (Å²) in [7, 11) is 1.67. The van der Waals surface area contributed by atoms with E-state index in [1.165, 1.54) is 5.56 Å². The third-order valence-corrected chi connectivity index (χ3v) is 4.21. The second-order valence-electron chi connectivity index (χ2n) is 5.71. The average Bonchev–Trinajstić information content (AvgIpc) is 3.05. The van der Waals surface area contributed by atoms with Crippen LogP contribution >= 0.6 is 0 Å². The Hall–Kier alpha value is -3.14. The lowest BCUT2D eigenvalue weighted by Crippen LogP contribution is -1.92. The van der Waals surface area contributed by atoms with Gasteiger partial charge in [-0.1, -0.05) is 36.4 Å². The SMILES string of the molecule is COc1ccc(-c2ccc3nnc(-c4ccccc4C)n3c2)cc1. The summed E-state index contributed by atoms with van der Waals surface area (Å²) in [6.07, 6.45) is 2.08. The van der Waals surface area contributed by atoms with E-state index in [2.05, 4.69) is 53.6 Å². The minimum absolute atomic E-state index is 0.838. The molecule has 0 aliphatic carbocycles. The number of rotatable bonds is 3. The van der Waals surface area contributed by atoms with Crippen LogP contribution in [0.1, 0.15) is 5.56 Å². The molecule has 0 aliphatic rings. The number of hydrogen-bond donors (Lipinski definition) is 0. The molecule has 4 rings (SSSR count). The van der Waals surface area contributed by atoms with Crippen LogP contribution in [0.15, 0.2) is 66.9 Å². The third kappa shape index (κ3) is 2.42. The van der Waals surface area contributed by atoms with E-state index in [9.17, 15) is 0 Å². The van der Waals surface area contributed by atoms with Crippen molar-refractivity contribution in [3.05, 3.63) is 72.4 Å². The van der Waals surface area contributed by atoms with Gasteiger partial charge in [-0.2, -0.15) is 0 Å². The molecule has 0 aliphatic heterocycles. The van der Waals surface area contributed by atoms with E-state index >= 15 is 0 Å². The van der Waals surface area contributed by atoms with Crippen LogP contribution in [-0.2, 0) is 0 Å². The minimum Gasteiger partial charge on any atom is -0.497 e. The fourth-order valence-corrected chi connectivity index (χ4v) is 2.85. The number of ether oxygens (including phenoxy) is 1. The molecule has 118 valence electrons. The van der Waals surface area contributed by atoms with Gasteiger partial charge in [-0.05, 0) is 47.9 Å². The highest BCUT2D eigenvalue weighted by Crippen LogP contribution is 2.26. The topological polar surface area (TPSA) is 39.4 Å². The molecule has 0 N–H and O–H groups in total. The van der Waals surface area contributed by atoms with Crippen molar-refractivity contribution in [2.75, 3.05) is 7.11 Å². The first-order valence-corrected chi connectivity index (χ1v) is 7.81. The Labute approximate surface area is 140 Å². The van der Waals surface area contributed by atoms with E-state index in [0.29, 0.717) is 0 Å². The zero-order valence-electron chi connectivity index (χ0n) is 13.6. The third-order valence-electron chi connectivity index (χ3n) is 4.21. The summed E-state index contributed by atoms with van der Waals surface area (Å²) in [4.78, 5) is 0. The zero-order valence-corrected chi connectivity index (χ0v) is 13.6. The van der Waals surface area contributed by atoms with Crippen LogP contribution < -0.4 is 4.74 Å². The molecule has 2 aromatic heterocycles. The fourth-order valence-electron chi connectivity index (χ4n) is 2.85. The molecule has 2 heterocycles. The van der Waals surface area contributed by atoms with Gasteiger partial charge in [0, 0.05) is 11.8 Å². The lowest BCUT2D eigenvalue weighted by molar-refractivity contribution is 0.415. The largest absolute Gasteiger partial charge is 0.497 e. The van der Waals surface area contributed by atoms with Crippen molar-refractivity contribution < 1.29 is 4.74 Å². The summed E-state index contributed by atoms with van der Waals surface area (Å²) in [5.74, 6) is 1.71. The highest BCUT2D eigenvalue weighted by molar-refractivity contribution is 5.68. The number of nitrogens with zero attached hydrogens (tertiary/aromatic N) is 3. The lowest BCUT2D eigenvalue weighted by Gasteiger charge is -2.07. The second kappa shape index (κ2) is 5.81. The highest BCUT2D eigenvalue weighted by Gasteiger charge is 2.11. The molecule has 4 nitrogen and oxygen atoms in total. The number of fused-ring (bicyclic) bond motifs is 1. The van der Waals surface area contributed by atoms with Gasteiger partial charge in [0.05, 0.1) is 7.11 Å². The smallest absolute Gasteiger partial charge is 0.168 e. The summed E-state index contributed by atoms with van der Waals surface area (Å²) in [5.41, 5.74) is 5.35. The van der Waals surface area contributed by atoms with E-state index < -0.39 is 0 Å². The molecule has 0 amide bonds. The van der Waals surface area contributed by atoms with Crippen molar-refractivity contribution in [3.63, 3.8) is 0 Å². The van der Waals surface area contributed by atoms with Gasteiger partial charge in [0.25, 0.3) is 0 Å². The summed E-state index contributed by atoms with van der Waals surface area (Å²) in [6.45, 7) is 2.09. The number of aromatic nitrogens is 3. The summed E-state index contributed by atoms with van der Waals surface area (Å²) >= 11 is 0. The Morgan fingerprint density at radius 2 is 1.58 bits per heavy atom. The first-order chi connectivity index (χ1) is 11.8. The Morgan fingerprint density at radius 1 is 0.833 bits per heavy atom. The molecular formula is C20H17N3O. The van der Waals surface area contributed by atoms with Gasteiger partial charge >= 0.3 is 0 Å². The normalized spacial score (nSPS) is 10.9. The molecule has 0 bridgehead atoms. The first-order valence-electron chi connectivity index (χ1n) is 7.81. The van der Waals surface area contributed by atoms with Gasteiger partial charge in [-0.15, -0.1) is 10.2 Å². The van der Waals surface area contributed by atoms with Gasteiger partial charge in [0.1, 0.15) is 5.75 Å². The Kier molecular flexibility index (Phi) is 3.50. The molecule has 0 spiro atoms. The van der Waals surface area contributed by atoms with Crippen molar-refractivity contribution in [2.45, 2.75) is 6.92 Å². The van der Waals surface area contributed by atoms with E-state index in [-0.39, 0.29) is 0 Å². The summed E-state index contributed by atoms with van der Waals surface area (Å²) in [5, 5.41) is 8.67. The second-order valence-corrected chi connectivity index (χ2v) is 5.71. The van der Waals surface area contributed by atoms with Crippen molar-refractivity contribution >= 4 is 5.65 Å². The van der Waals surface area contributed by atoms with E-state index in [1.807, 2.05) is 34.7 Å². The Bertz CT molecular complexity index is 1000. The number of pyridine rings is 1.